The lowest BCUT2D eigenvalue weighted by atomic mass is 9.93. The number of piperidine rings is 2. The van der Waals surface area contributed by atoms with Crippen LogP contribution in [0.15, 0.2) is 30.5 Å². The van der Waals surface area contributed by atoms with Crippen LogP contribution < -0.4 is 5.32 Å². The first kappa shape index (κ1) is 29.5. The molecular formula is C31H39F3N6O3. The van der Waals surface area contributed by atoms with E-state index >= 15 is 0 Å². The van der Waals surface area contributed by atoms with E-state index < -0.39 is 11.7 Å². The number of urea groups is 1. The number of benzene rings is 1. The van der Waals surface area contributed by atoms with Crippen LogP contribution in [0.1, 0.15) is 96.9 Å². The Labute approximate surface area is 249 Å². The normalized spacial score (nSPS) is 22.2. The van der Waals surface area contributed by atoms with Crippen molar-refractivity contribution in [1.82, 2.24) is 29.8 Å². The summed E-state index contributed by atoms with van der Waals surface area (Å²) in [7, 11) is 0. The number of hydrogen-bond donors (Lipinski definition) is 1. The van der Waals surface area contributed by atoms with Crippen molar-refractivity contribution in [2.45, 2.75) is 82.0 Å². The van der Waals surface area contributed by atoms with Crippen LogP contribution >= 0.6 is 0 Å². The molecule has 43 heavy (non-hydrogen) atoms. The van der Waals surface area contributed by atoms with Gasteiger partial charge < -0.3 is 20.0 Å². The fourth-order valence-electron chi connectivity index (χ4n) is 7.08. The highest BCUT2D eigenvalue weighted by Gasteiger charge is 2.40. The minimum Gasteiger partial charge on any atom is -0.353 e. The molecule has 0 radical (unpaired) electrons. The fourth-order valence-corrected chi connectivity index (χ4v) is 7.08. The summed E-state index contributed by atoms with van der Waals surface area (Å²) in [5.74, 6) is -0.303. The summed E-state index contributed by atoms with van der Waals surface area (Å²) in [6.07, 6.45) is 2.66. The van der Waals surface area contributed by atoms with E-state index in [1.807, 2.05) is 14.5 Å². The van der Waals surface area contributed by atoms with E-state index in [9.17, 15) is 27.6 Å². The molecule has 2 aromatic rings. The van der Waals surface area contributed by atoms with Crippen molar-refractivity contribution >= 4 is 17.8 Å². The summed E-state index contributed by atoms with van der Waals surface area (Å²) in [5.41, 5.74) is 1.13. The average molecular weight is 601 g/mol. The van der Waals surface area contributed by atoms with Gasteiger partial charge in [-0.2, -0.15) is 18.3 Å². The number of carbonyl (C=O) groups is 3. The zero-order valence-electron chi connectivity index (χ0n) is 24.5. The van der Waals surface area contributed by atoms with Crippen molar-refractivity contribution in [2.24, 2.45) is 0 Å². The second-order valence-electron chi connectivity index (χ2n) is 12.4. The van der Waals surface area contributed by atoms with E-state index in [0.717, 1.165) is 50.3 Å². The maximum absolute atomic E-state index is 13.7. The van der Waals surface area contributed by atoms with Gasteiger partial charge in [-0.3, -0.25) is 14.3 Å². The topological polar surface area (TPSA) is 90.8 Å². The second-order valence-corrected chi connectivity index (χ2v) is 12.4. The molecule has 4 amide bonds. The smallest absolute Gasteiger partial charge is 0.353 e. The number of nitrogens with one attached hydrogen (secondary N) is 1. The maximum Gasteiger partial charge on any atom is 0.416 e. The van der Waals surface area contributed by atoms with Crippen LogP contribution in [0.25, 0.3) is 0 Å². The van der Waals surface area contributed by atoms with Crippen molar-refractivity contribution < 1.29 is 27.6 Å². The Morgan fingerprint density at radius 3 is 2.09 bits per heavy atom. The Balaban J connectivity index is 1.09. The number of aromatic nitrogens is 2. The molecule has 4 heterocycles. The first-order valence-corrected chi connectivity index (χ1v) is 15.4. The van der Waals surface area contributed by atoms with Gasteiger partial charge in [-0.25, -0.2) is 4.79 Å². The van der Waals surface area contributed by atoms with Gasteiger partial charge >= 0.3 is 12.2 Å². The number of rotatable bonds is 5. The first-order chi connectivity index (χ1) is 20.6. The van der Waals surface area contributed by atoms with E-state index in [-0.39, 0.29) is 53.9 Å². The summed E-state index contributed by atoms with van der Waals surface area (Å²) in [5, 5.41) is 7.62. The molecule has 0 spiro atoms. The van der Waals surface area contributed by atoms with Gasteiger partial charge in [0.25, 0.3) is 5.91 Å². The molecule has 4 fully saturated rings. The van der Waals surface area contributed by atoms with Crippen LogP contribution in [-0.2, 0) is 11.0 Å². The van der Waals surface area contributed by atoms with Crippen LogP contribution in [0.3, 0.4) is 0 Å². The Hall–Kier alpha value is -3.57. The number of amides is 4. The van der Waals surface area contributed by atoms with Crippen LogP contribution in [-0.4, -0.2) is 87.6 Å². The third-order valence-corrected chi connectivity index (χ3v) is 9.46. The molecule has 1 saturated carbocycles. The van der Waals surface area contributed by atoms with Crippen molar-refractivity contribution in [3.05, 3.63) is 52.8 Å². The zero-order valence-corrected chi connectivity index (χ0v) is 24.5. The number of halogens is 3. The van der Waals surface area contributed by atoms with Crippen molar-refractivity contribution in [3.8, 4) is 0 Å². The molecule has 4 aliphatic rings. The molecule has 1 aromatic heterocycles. The van der Waals surface area contributed by atoms with Gasteiger partial charge in [-0.1, -0.05) is 18.2 Å². The van der Waals surface area contributed by atoms with Gasteiger partial charge in [-0.15, -0.1) is 0 Å². The molecule has 232 valence electrons. The summed E-state index contributed by atoms with van der Waals surface area (Å²) < 4.78 is 42.9. The van der Waals surface area contributed by atoms with E-state index in [2.05, 4.69) is 10.4 Å². The van der Waals surface area contributed by atoms with Gasteiger partial charge in [0.2, 0.25) is 5.91 Å². The number of carbonyl (C=O) groups excluding carboxylic acids is 3. The van der Waals surface area contributed by atoms with Crippen molar-refractivity contribution in [1.29, 1.82) is 0 Å². The Morgan fingerprint density at radius 1 is 0.837 bits per heavy atom. The van der Waals surface area contributed by atoms with E-state index in [4.69, 9.17) is 0 Å². The summed E-state index contributed by atoms with van der Waals surface area (Å²) in [6, 6.07) is 5.90. The third kappa shape index (κ3) is 6.24. The lowest BCUT2D eigenvalue weighted by Gasteiger charge is -2.39. The Morgan fingerprint density at radius 2 is 1.47 bits per heavy atom. The maximum atomic E-state index is 13.7. The lowest BCUT2D eigenvalue weighted by Crippen LogP contribution is -2.52. The summed E-state index contributed by atoms with van der Waals surface area (Å²) in [4.78, 5) is 43.7. The van der Waals surface area contributed by atoms with Gasteiger partial charge in [0.15, 0.2) is 0 Å². The molecule has 6 rings (SSSR count). The number of hydrogen-bond acceptors (Lipinski definition) is 4. The lowest BCUT2D eigenvalue weighted by molar-refractivity contribution is -0.138. The minimum atomic E-state index is -4.43. The predicted octanol–water partition coefficient (Wildman–Crippen LogP) is 4.77. The molecular weight excluding hydrogens is 561 g/mol. The quantitative estimate of drug-likeness (QED) is 0.536. The Kier molecular flexibility index (Phi) is 8.12. The largest absolute Gasteiger partial charge is 0.416 e. The number of alkyl halides is 3. The number of likely N-dealkylation sites (tertiary alicyclic amines) is 3. The highest BCUT2D eigenvalue weighted by Crippen LogP contribution is 2.44. The minimum absolute atomic E-state index is 0.0363. The molecule has 0 unspecified atom stereocenters. The molecule has 12 heteroatoms. The number of nitrogens with zero attached hydrogens (tertiary/aromatic N) is 5. The van der Waals surface area contributed by atoms with E-state index in [0.29, 0.717) is 44.7 Å². The average Bonchev–Trinajstić information content (AvgIpc) is 3.53. The first-order valence-electron chi connectivity index (χ1n) is 15.4. The Bertz CT molecular complexity index is 1360. The van der Waals surface area contributed by atoms with Crippen LogP contribution in [0.4, 0.5) is 18.0 Å². The molecule has 3 aliphatic heterocycles. The summed E-state index contributed by atoms with van der Waals surface area (Å²) in [6.45, 7) is 4.64. The highest BCUT2D eigenvalue weighted by atomic mass is 19.4. The molecule has 0 bridgehead atoms. The molecule has 9 nitrogen and oxygen atoms in total. The van der Waals surface area contributed by atoms with E-state index in [1.54, 1.807) is 17.2 Å². The van der Waals surface area contributed by atoms with Crippen molar-refractivity contribution in [3.63, 3.8) is 0 Å². The standard InChI is InChI=1S/C31H39F3N6O3/c1-20(41)36-23-9-14-37(15-10-23)30(43)38-16-11-24(12-17-38)40-28(21-6-7-21)26(18-35-40)29(42)39-13-8-22(19-39)25-4-2-3-5-27(25)31(32,33)34/h2-5,18,21-24H,6-17,19H2,1H3,(H,36,41)/t22-/m1/s1. The van der Waals surface area contributed by atoms with Crippen LogP contribution in [0.2, 0.25) is 0 Å². The predicted molar refractivity (Wildman–Crippen MR) is 153 cm³/mol. The van der Waals surface area contributed by atoms with Crippen molar-refractivity contribution in [2.75, 3.05) is 39.3 Å². The van der Waals surface area contributed by atoms with Gasteiger partial charge in [-0.05, 0) is 56.6 Å². The van der Waals surface area contributed by atoms with E-state index in [1.165, 1.54) is 19.1 Å². The van der Waals surface area contributed by atoms with Gasteiger partial charge in [0.05, 0.1) is 29.1 Å². The highest BCUT2D eigenvalue weighted by molar-refractivity contribution is 5.95. The zero-order chi connectivity index (χ0) is 30.3. The van der Waals surface area contributed by atoms with Crippen LogP contribution in [0, 0.1) is 0 Å². The molecule has 1 N–H and O–H groups in total. The fraction of sp³-hybridized carbons (Fsp3) is 0.613. The monoisotopic (exact) mass is 600 g/mol. The SMILES string of the molecule is CC(=O)NC1CCN(C(=O)N2CCC(n3ncc(C(=O)N4CC[C@@H](c5ccccc5C(F)(F)F)C4)c3C3CC3)CC2)CC1. The molecule has 1 atom stereocenters. The van der Waals surface area contributed by atoms with Gasteiger partial charge in [0.1, 0.15) is 0 Å². The van der Waals surface area contributed by atoms with Crippen LogP contribution in [0.5, 0.6) is 0 Å². The molecule has 3 saturated heterocycles. The van der Waals surface area contributed by atoms with Gasteiger partial charge in [0, 0.05) is 64.1 Å². The molecule has 1 aliphatic carbocycles. The second kappa shape index (κ2) is 11.8. The molecule has 1 aromatic carbocycles. The third-order valence-electron chi connectivity index (χ3n) is 9.46. The summed E-state index contributed by atoms with van der Waals surface area (Å²) >= 11 is 0.